The topological polar surface area (TPSA) is 58.6 Å². The van der Waals surface area contributed by atoms with Gasteiger partial charge in [-0.05, 0) is 35.7 Å². The van der Waals surface area contributed by atoms with Crippen molar-refractivity contribution in [3.63, 3.8) is 0 Å². The van der Waals surface area contributed by atoms with Gasteiger partial charge in [0.25, 0.3) is 0 Å². The van der Waals surface area contributed by atoms with Gasteiger partial charge in [0.05, 0.1) is 6.10 Å². The number of hydrogen-bond acceptors (Lipinski definition) is 4. The second-order valence-corrected chi connectivity index (χ2v) is 4.96. The first-order chi connectivity index (χ1) is 8.65. The van der Waals surface area contributed by atoms with Gasteiger partial charge in [-0.15, -0.1) is 0 Å². The van der Waals surface area contributed by atoms with E-state index in [-0.39, 0.29) is 12.5 Å². The quantitative estimate of drug-likeness (QED) is 0.712. The number of nitrogens with one attached hydrogen (secondary N) is 1. The highest BCUT2D eigenvalue weighted by Crippen LogP contribution is 2.15. The Morgan fingerprint density at radius 3 is 3.00 bits per heavy atom. The summed E-state index contributed by atoms with van der Waals surface area (Å²) in [6, 6.07) is 1.85. The Morgan fingerprint density at radius 1 is 1.61 bits per heavy atom. The number of rotatable bonds is 8. The summed E-state index contributed by atoms with van der Waals surface area (Å²) in [7, 11) is 0. The Balaban J connectivity index is 2.23. The fourth-order valence-electron chi connectivity index (χ4n) is 1.40. The fraction of sp³-hybridized carbons (Fsp3) is 0.615. The van der Waals surface area contributed by atoms with Crippen molar-refractivity contribution < 1.29 is 14.6 Å². The number of carbonyl (C=O) groups is 1. The van der Waals surface area contributed by atoms with Crippen LogP contribution in [0.4, 0.5) is 0 Å². The third-order valence-corrected chi connectivity index (χ3v) is 3.33. The van der Waals surface area contributed by atoms with Gasteiger partial charge in [-0.2, -0.15) is 11.3 Å². The third-order valence-electron chi connectivity index (χ3n) is 2.63. The third kappa shape index (κ3) is 5.16. The Hall–Kier alpha value is -0.910. The lowest BCUT2D eigenvalue weighted by Gasteiger charge is -2.15. The van der Waals surface area contributed by atoms with Crippen molar-refractivity contribution >= 4 is 17.2 Å². The molecule has 5 heteroatoms. The minimum Gasteiger partial charge on any atom is -0.387 e. The summed E-state index contributed by atoms with van der Waals surface area (Å²) in [6.45, 7) is 4.61. The van der Waals surface area contributed by atoms with Crippen LogP contribution in [0.15, 0.2) is 16.8 Å². The van der Waals surface area contributed by atoms with Gasteiger partial charge in [-0.3, -0.25) is 4.79 Å². The van der Waals surface area contributed by atoms with Gasteiger partial charge in [0.2, 0.25) is 5.91 Å². The van der Waals surface area contributed by atoms with E-state index in [2.05, 4.69) is 12.2 Å². The lowest BCUT2D eigenvalue weighted by Crippen LogP contribution is -2.37. The number of unbranched alkanes of at least 4 members (excludes halogenated alkanes) is 1. The van der Waals surface area contributed by atoms with Crippen LogP contribution in [0, 0.1) is 0 Å². The fourth-order valence-corrected chi connectivity index (χ4v) is 2.11. The van der Waals surface area contributed by atoms with E-state index in [1.165, 1.54) is 11.3 Å². The first-order valence-electron chi connectivity index (χ1n) is 6.24. The van der Waals surface area contributed by atoms with Gasteiger partial charge < -0.3 is 15.2 Å². The summed E-state index contributed by atoms with van der Waals surface area (Å²) in [4.78, 5) is 11.7. The van der Waals surface area contributed by atoms with Gasteiger partial charge in [0.1, 0.15) is 6.10 Å². The number of ether oxygens (including phenoxy) is 1. The van der Waals surface area contributed by atoms with Gasteiger partial charge in [0, 0.05) is 13.2 Å². The van der Waals surface area contributed by atoms with Crippen LogP contribution in [0.2, 0.25) is 0 Å². The van der Waals surface area contributed by atoms with E-state index in [1.807, 2.05) is 16.8 Å². The van der Waals surface area contributed by atoms with E-state index in [0.29, 0.717) is 6.61 Å². The summed E-state index contributed by atoms with van der Waals surface area (Å²) in [5, 5.41) is 16.3. The molecule has 18 heavy (non-hydrogen) atoms. The molecule has 0 aromatic carbocycles. The predicted molar refractivity (Wildman–Crippen MR) is 72.6 cm³/mol. The molecule has 102 valence electrons. The molecule has 1 aromatic rings. The highest BCUT2D eigenvalue weighted by molar-refractivity contribution is 7.07. The number of amides is 1. The molecule has 1 heterocycles. The summed E-state index contributed by atoms with van der Waals surface area (Å²) >= 11 is 1.52. The van der Waals surface area contributed by atoms with E-state index in [9.17, 15) is 9.90 Å². The molecule has 0 radical (unpaired) electrons. The first kappa shape index (κ1) is 15.1. The Labute approximate surface area is 112 Å². The van der Waals surface area contributed by atoms with Crippen LogP contribution < -0.4 is 5.32 Å². The molecule has 1 rings (SSSR count). The van der Waals surface area contributed by atoms with Crippen molar-refractivity contribution in [3.05, 3.63) is 22.4 Å². The van der Waals surface area contributed by atoms with Crippen LogP contribution >= 0.6 is 11.3 Å². The number of aliphatic hydroxyl groups excluding tert-OH is 1. The standard InChI is InChI=1S/C13H21NO3S/c1-3-4-6-17-10(2)13(16)14-8-12(15)11-5-7-18-9-11/h5,7,9-10,12,15H,3-4,6,8H2,1-2H3,(H,14,16). The molecule has 0 saturated heterocycles. The van der Waals surface area contributed by atoms with Gasteiger partial charge in [-0.1, -0.05) is 13.3 Å². The Bertz CT molecular complexity index is 340. The molecule has 1 aromatic heterocycles. The second kappa shape index (κ2) is 8.24. The molecular formula is C13H21NO3S. The van der Waals surface area contributed by atoms with Crippen molar-refractivity contribution in [1.29, 1.82) is 0 Å². The highest BCUT2D eigenvalue weighted by atomic mass is 32.1. The number of thiophene rings is 1. The molecule has 0 spiro atoms. The second-order valence-electron chi connectivity index (χ2n) is 4.18. The van der Waals surface area contributed by atoms with Gasteiger partial charge in [-0.25, -0.2) is 0 Å². The van der Waals surface area contributed by atoms with E-state index < -0.39 is 12.2 Å². The lowest BCUT2D eigenvalue weighted by atomic mass is 10.2. The summed E-state index contributed by atoms with van der Waals surface area (Å²) < 4.78 is 5.38. The zero-order valence-corrected chi connectivity index (χ0v) is 11.7. The molecule has 0 saturated carbocycles. The number of aliphatic hydroxyl groups is 1. The average molecular weight is 271 g/mol. The summed E-state index contributed by atoms with van der Waals surface area (Å²) in [5.74, 6) is -0.180. The lowest BCUT2D eigenvalue weighted by molar-refractivity contribution is -0.132. The summed E-state index contributed by atoms with van der Waals surface area (Å²) in [6.07, 6.45) is 0.884. The first-order valence-corrected chi connectivity index (χ1v) is 7.19. The predicted octanol–water partition coefficient (Wildman–Crippen LogP) is 2.10. The van der Waals surface area contributed by atoms with Crippen molar-refractivity contribution in [2.24, 2.45) is 0 Å². The number of carbonyl (C=O) groups excluding carboxylic acids is 1. The van der Waals surface area contributed by atoms with Gasteiger partial charge in [0.15, 0.2) is 0 Å². The molecule has 2 N–H and O–H groups in total. The van der Waals surface area contributed by atoms with E-state index >= 15 is 0 Å². The van der Waals surface area contributed by atoms with Crippen molar-refractivity contribution in [3.8, 4) is 0 Å². The maximum absolute atomic E-state index is 11.7. The van der Waals surface area contributed by atoms with Crippen molar-refractivity contribution in [1.82, 2.24) is 5.32 Å². The van der Waals surface area contributed by atoms with Crippen LogP contribution in [0.3, 0.4) is 0 Å². The van der Waals surface area contributed by atoms with E-state index in [4.69, 9.17) is 4.74 Å². The molecule has 0 aliphatic rings. The van der Waals surface area contributed by atoms with Crippen LogP contribution in [0.25, 0.3) is 0 Å². The Kier molecular flexibility index (Phi) is 6.93. The average Bonchev–Trinajstić information content (AvgIpc) is 2.89. The molecule has 2 atom stereocenters. The van der Waals surface area contributed by atoms with E-state index in [1.54, 1.807) is 6.92 Å². The van der Waals surface area contributed by atoms with Crippen LogP contribution in [0.1, 0.15) is 38.4 Å². The molecule has 0 fully saturated rings. The van der Waals surface area contributed by atoms with Crippen molar-refractivity contribution in [2.75, 3.05) is 13.2 Å². The van der Waals surface area contributed by atoms with Gasteiger partial charge >= 0.3 is 0 Å². The SMILES string of the molecule is CCCCOC(C)C(=O)NCC(O)c1ccsc1. The maximum Gasteiger partial charge on any atom is 0.248 e. The molecule has 4 nitrogen and oxygen atoms in total. The molecular weight excluding hydrogens is 250 g/mol. The highest BCUT2D eigenvalue weighted by Gasteiger charge is 2.15. The van der Waals surface area contributed by atoms with Crippen LogP contribution in [-0.4, -0.2) is 30.3 Å². The normalized spacial score (nSPS) is 14.2. The minimum absolute atomic E-state index is 0.180. The van der Waals surface area contributed by atoms with Crippen molar-refractivity contribution in [2.45, 2.75) is 38.9 Å². The maximum atomic E-state index is 11.7. The minimum atomic E-state index is -0.650. The Morgan fingerprint density at radius 2 is 2.39 bits per heavy atom. The molecule has 2 unspecified atom stereocenters. The zero-order chi connectivity index (χ0) is 13.4. The molecule has 1 amide bonds. The van der Waals surface area contributed by atoms with Crippen LogP contribution in [-0.2, 0) is 9.53 Å². The summed E-state index contributed by atoms with van der Waals surface area (Å²) in [5.41, 5.74) is 0.833. The molecule has 0 aliphatic heterocycles. The van der Waals surface area contributed by atoms with Crippen LogP contribution in [0.5, 0.6) is 0 Å². The monoisotopic (exact) mass is 271 g/mol. The molecule has 0 bridgehead atoms. The molecule has 0 aliphatic carbocycles. The number of hydrogen-bond donors (Lipinski definition) is 2. The largest absolute Gasteiger partial charge is 0.387 e. The zero-order valence-electron chi connectivity index (χ0n) is 10.9. The smallest absolute Gasteiger partial charge is 0.248 e. The van der Waals surface area contributed by atoms with E-state index in [0.717, 1.165) is 18.4 Å².